The molecule has 0 saturated carbocycles. The molecule has 0 aliphatic rings. The lowest BCUT2D eigenvalue weighted by molar-refractivity contribution is 0.0954. The van der Waals surface area contributed by atoms with Crippen LogP contribution in [0.3, 0.4) is 0 Å². The molecule has 2 aromatic heterocycles. The Morgan fingerprint density at radius 1 is 1.00 bits per heavy atom. The quantitative estimate of drug-likeness (QED) is 0.476. The molecule has 0 saturated heterocycles. The predicted octanol–water partition coefficient (Wildman–Crippen LogP) is 3.65. The van der Waals surface area contributed by atoms with Crippen molar-refractivity contribution in [1.29, 1.82) is 0 Å². The lowest BCUT2D eigenvalue weighted by Gasteiger charge is -2.12. The molecule has 7 nitrogen and oxygen atoms in total. The van der Waals surface area contributed by atoms with E-state index in [1.807, 2.05) is 77.6 Å². The third-order valence-electron chi connectivity index (χ3n) is 5.01. The summed E-state index contributed by atoms with van der Waals surface area (Å²) in [6, 6.07) is 19.2. The first-order valence-electron chi connectivity index (χ1n) is 9.97. The van der Waals surface area contributed by atoms with Crippen molar-refractivity contribution >= 4 is 5.91 Å². The number of aromatic nitrogens is 3. The predicted molar refractivity (Wildman–Crippen MR) is 118 cm³/mol. The molecule has 2 heterocycles. The van der Waals surface area contributed by atoms with Gasteiger partial charge in [-0.1, -0.05) is 24.3 Å². The van der Waals surface area contributed by atoms with Crippen LogP contribution in [0.2, 0.25) is 0 Å². The molecule has 7 heteroatoms. The van der Waals surface area contributed by atoms with Gasteiger partial charge in [-0.05, 0) is 42.3 Å². The van der Waals surface area contributed by atoms with E-state index >= 15 is 0 Å². The fourth-order valence-electron chi connectivity index (χ4n) is 3.45. The zero-order chi connectivity index (χ0) is 21.6. The van der Waals surface area contributed by atoms with Gasteiger partial charge in [0.25, 0.3) is 5.91 Å². The lowest BCUT2D eigenvalue weighted by atomic mass is 10.1. The molecule has 0 spiro atoms. The number of nitrogens with zero attached hydrogens (tertiary/aromatic N) is 3. The van der Waals surface area contributed by atoms with Gasteiger partial charge in [-0.15, -0.1) is 0 Å². The van der Waals surface area contributed by atoms with E-state index in [0.717, 1.165) is 22.7 Å². The molecule has 0 fully saturated rings. The number of carbonyl (C=O) groups excluding carboxylic acids is 1. The number of methoxy groups -OCH3 is 2. The average Bonchev–Trinajstić information content (AvgIpc) is 3.49. The summed E-state index contributed by atoms with van der Waals surface area (Å²) in [5.41, 5.74) is 2.38. The van der Waals surface area contributed by atoms with Crippen molar-refractivity contribution in [2.24, 2.45) is 0 Å². The smallest absolute Gasteiger partial charge is 0.256 e. The summed E-state index contributed by atoms with van der Waals surface area (Å²) < 4.78 is 14.3. The molecule has 4 rings (SSSR count). The number of rotatable bonds is 8. The number of hydrogen-bond donors (Lipinski definition) is 1. The number of amides is 1. The summed E-state index contributed by atoms with van der Waals surface area (Å²) in [5, 5.41) is 7.48. The first-order valence-corrected chi connectivity index (χ1v) is 9.97. The van der Waals surface area contributed by atoms with Gasteiger partial charge >= 0.3 is 0 Å². The summed E-state index contributed by atoms with van der Waals surface area (Å²) >= 11 is 0. The maximum Gasteiger partial charge on any atom is 0.256 e. The highest BCUT2D eigenvalue weighted by molar-refractivity contribution is 5.97. The molecule has 1 amide bonds. The van der Waals surface area contributed by atoms with Crippen LogP contribution < -0.4 is 14.8 Å². The Labute approximate surface area is 180 Å². The number of nitrogens with one attached hydrogen (secondary N) is 1. The summed E-state index contributed by atoms with van der Waals surface area (Å²) in [6.45, 7) is 0.461. The summed E-state index contributed by atoms with van der Waals surface area (Å²) in [4.78, 5) is 13.0. The first kappa shape index (κ1) is 20.3. The Morgan fingerprint density at radius 3 is 2.48 bits per heavy atom. The summed E-state index contributed by atoms with van der Waals surface area (Å²) in [5.74, 6) is 1.97. The second kappa shape index (κ2) is 9.21. The van der Waals surface area contributed by atoms with Crippen molar-refractivity contribution in [3.63, 3.8) is 0 Å². The van der Waals surface area contributed by atoms with Gasteiger partial charge in [0, 0.05) is 25.0 Å². The van der Waals surface area contributed by atoms with Crippen molar-refractivity contribution in [2.45, 2.75) is 6.42 Å². The van der Waals surface area contributed by atoms with E-state index in [0.29, 0.717) is 24.3 Å². The Bertz CT molecular complexity index is 1150. The topological polar surface area (TPSA) is 70.3 Å². The van der Waals surface area contributed by atoms with Crippen LogP contribution in [-0.4, -0.2) is 41.0 Å². The van der Waals surface area contributed by atoms with Crippen LogP contribution in [0.25, 0.3) is 11.5 Å². The van der Waals surface area contributed by atoms with Gasteiger partial charge < -0.3 is 19.4 Å². The van der Waals surface area contributed by atoms with Gasteiger partial charge in [-0.25, -0.2) is 4.68 Å². The standard InChI is InChI=1S/C24H24N4O3/c1-30-20-11-10-18(22(16-20)31-2)12-13-25-23(29)21-17-26-28(19-8-4-3-5-9-19)24(21)27-14-6-7-15-27/h3-11,14-17H,12-13H2,1-2H3,(H,25,29). The third-order valence-corrected chi connectivity index (χ3v) is 5.01. The van der Waals surface area contributed by atoms with Gasteiger partial charge in [0.05, 0.1) is 26.1 Å². The molecular formula is C24H24N4O3. The Balaban J connectivity index is 1.54. The monoisotopic (exact) mass is 416 g/mol. The lowest BCUT2D eigenvalue weighted by Crippen LogP contribution is -2.26. The minimum Gasteiger partial charge on any atom is -0.497 e. The minimum atomic E-state index is -0.182. The Hall–Kier alpha value is -4.00. The highest BCUT2D eigenvalue weighted by Gasteiger charge is 2.19. The largest absolute Gasteiger partial charge is 0.497 e. The molecule has 0 bridgehead atoms. The van der Waals surface area contributed by atoms with E-state index in [1.54, 1.807) is 25.1 Å². The average molecular weight is 416 g/mol. The number of ether oxygens (including phenoxy) is 2. The molecule has 4 aromatic rings. The van der Waals surface area contributed by atoms with Crippen molar-refractivity contribution in [3.05, 3.63) is 90.4 Å². The molecular weight excluding hydrogens is 392 g/mol. The van der Waals surface area contributed by atoms with E-state index in [1.165, 1.54) is 0 Å². The number of para-hydroxylation sites is 1. The van der Waals surface area contributed by atoms with Crippen LogP contribution in [0.1, 0.15) is 15.9 Å². The molecule has 0 aliphatic heterocycles. The Kier molecular flexibility index (Phi) is 6.03. The first-order chi connectivity index (χ1) is 15.2. The maximum atomic E-state index is 13.0. The SMILES string of the molecule is COc1ccc(CCNC(=O)c2cnn(-c3ccccc3)c2-n2cccc2)c(OC)c1. The van der Waals surface area contributed by atoms with Crippen LogP contribution >= 0.6 is 0 Å². The van der Waals surface area contributed by atoms with E-state index in [4.69, 9.17) is 9.47 Å². The van der Waals surface area contributed by atoms with Gasteiger partial charge in [0.15, 0.2) is 5.82 Å². The van der Waals surface area contributed by atoms with Gasteiger partial charge in [0.1, 0.15) is 17.1 Å². The van der Waals surface area contributed by atoms with Crippen molar-refractivity contribution in [1.82, 2.24) is 19.7 Å². The normalized spacial score (nSPS) is 10.6. The van der Waals surface area contributed by atoms with Gasteiger partial charge in [-0.2, -0.15) is 5.10 Å². The van der Waals surface area contributed by atoms with Gasteiger partial charge in [-0.3, -0.25) is 4.79 Å². The van der Waals surface area contributed by atoms with E-state index in [-0.39, 0.29) is 5.91 Å². The maximum absolute atomic E-state index is 13.0. The highest BCUT2D eigenvalue weighted by Crippen LogP contribution is 2.25. The number of hydrogen-bond acceptors (Lipinski definition) is 4. The fourth-order valence-corrected chi connectivity index (χ4v) is 3.45. The molecule has 0 unspecified atom stereocenters. The van der Waals surface area contributed by atoms with Crippen LogP contribution in [-0.2, 0) is 6.42 Å². The molecule has 1 N–H and O–H groups in total. The van der Waals surface area contributed by atoms with Crippen LogP contribution in [0.5, 0.6) is 11.5 Å². The third kappa shape index (κ3) is 4.30. The summed E-state index contributed by atoms with van der Waals surface area (Å²) in [6.07, 6.45) is 6.03. The molecule has 31 heavy (non-hydrogen) atoms. The summed E-state index contributed by atoms with van der Waals surface area (Å²) in [7, 11) is 3.24. The molecule has 2 aromatic carbocycles. The fraction of sp³-hybridized carbons (Fsp3) is 0.167. The molecule has 0 aliphatic carbocycles. The highest BCUT2D eigenvalue weighted by atomic mass is 16.5. The van der Waals surface area contributed by atoms with Crippen LogP contribution in [0, 0.1) is 0 Å². The molecule has 0 radical (unpaired) electrons. The zero-order valence-electron chi connectivity index (χ0n) is 17.5. The second-order valence-electron chi connectivity index (χ2n) is 6.90. The number of carbonyl (C=O) groups is 1. The van der Waals surface area contributed by atoms with E-state index in [9.17, 15) is 4.79 Å². The van der Waals surface area contributed by atoms with Crippen LogP contribution in [0.4, 0.5) is 0 Å². The zero-order valence-corrected chi connectivity index (χ0v) is 17.5. The van der Waals surface area contributed by atoms with E-state index in [2.05, 4.69) is 10.4 Å². The number of benzene rings is 2. The van der Waals surface area contributed by atoms with Crippen molar-refractivity contribution in [3.8, 4) is 23.0 Å². The van der Waals surface area contributed by atoms with E-state index < -0.39 is 0 Å². The van der Waals surface area contributed by atoms with Crippen LogP contribution in [0.15, 0.2) is 79.3 Å². The molecule has 0 atom stereocenters. The van der Waals surface area contributed by atoms with Crippen molar-refractivity contribution in [2.75, 3.05) is 20.8 Å². The molecule has 158 valence electrons. The minimum absolute atomic E-state index is 0.182. The van der Waals surface area contributed by atoms with Gasteiger partial charge in [0.2, 0.25) is 0 Å². The Morgan fingerprint density at radius 2 is 1.77 bits per heavy atom. The second-order valence-corrected chi connectivity index (χ2v) is 6.90. The van der Waals surface area contributed by atoms with Crippen molar-refractivity contribution < 1.29 is 14.3 Å².